The minimum Gasteiger partial charge on any atom is -0.399 e. The summed E-state index contributed by atoms with van der Waals surface area (Å²) >= 11 is 0. The summed E-state index contributed by atoms with van der Waals surface area (Å²) in [5.74, 6) is 2.92. The van der Waals surface area contributed by atoms with Crippen LogP contribution >= 0.6 is 0 Å². The van der Waals surface area contributed by atoms with Gasteiger partial charge in [-0.05, 0) is 120 Å². The maximum atomic E-state index is 6.11. The summed E-state index contributed by atoms with van der Waals surface area (Å²) in [5.41, 5.74) is 25.0. The molecule has 4 N–H and O–H groups in total. The zero-order valence-electron chi connectivity index (χ0n) is 30.6. The molecule has 2 heteroatoms. The van der Waals surface area contributed by atoms with Gasteiger partial charge >= 0.3 is 0 Å². The van der Waals surface area contributed by atoms with Crippen LogP contribution in [0.2, 0.25) is 0 Å². The fourth-order valence-corrected chi connectivity index (χ4v) is 8.97. The van der Waals surface area contributed by atoms with E-state index in [1.807, 2.05) is 0 Å². The molecule has 4 aromatic carbocycles. The molecule has 0 bridgehead atoms. The van der Waals surface area contributed by atoms with Crippen LogP contribution in [0.25, 0.3) is 0 Å². The second kappa shape index (κ2) is 17.2. The van der Waals surface area contributed by atoms with Gasteiger partial charge in [0, 0.05) is 29.1 Å². The lowest BCUT2D eigenvalue weighted by molar-refractivity contribution is 0.215. The lowest BCUT2D eigenvalue weighted by atomic mass is 9.74. The van der Waals surface area contributed by atoms with Gasteiger partial charge < -0.3 is 11.5 Å². The molecule has 5 rings (SSSR count). The molecule has 0 amide bonds. The lowest BCUT2D eigenvalue weighted by Gasteiger charge is -2.32. The molecule has 0 radical (unpaired) electrons. The van der Waals surface area contributed by atoms with E-state index in [-0.39, 0.29) is 0 Å². The van der Waals surface area contributed by atoms with Crippen LogP contribution in [0, 0.1) is 25.7 Å². The molecule has 2 nitrogen and oxygen atoms in total. The highest BCUT2D eigenvalue weighted by Crippen LogP contribution is 2.40. The molecule has 1 aliphatic rings. The molecule has 0 aromatic heterocycles. The molecule has 0 heterocycles. The molecule has 1 fully saturated rings. The van der Waals surface area contributed by atoms with E-state index < -0.39 is 0 Å². The van der Waals surface area contributed by atoms with E-state index in [4.69, 9.17) is 11.5 Å². The first-order valence-electron chi connectivity index (χ1n) is 19.2. The predicted octanol–water partition coefficient (Wildman–Crippen LogP) is 12.9. The Kier molecular flexibility index (Phi) is 12.8. The first-order valence-corrected chi connectivity index (χ1v) is 19.2. The van der Waals surface area contributed by atoms with Crippen LogP contribution in [0.3, 0.4) is 0 Å². The van der Waals surface area contributed by atoms with Crippen molar-refractivity contribution in [3.8, 4) is 0 Å². The number of nitrogens with two attached hydrogens (primary N) is 2. The third-order valence-electron chi connectivity index (χ3n) is 11.7. The summed E-state index contributed by atoms with van der Waals surface area (Å²) in [6, 6.07) is 32.2. The van der Waals surface area contributed by atoms with Crippen molar-refractivity contribution in [2.24, 2.45) is 11.8 Å². The molecule has 1 saturated carbocycles. The van der Waals surface area contributed by atoms with E-state index in [1.165, 1.54) is 109 Å². The van der Waals surface area contributed by atoms with E-state index in [0.29, 0.717) is 17.8 Å². The average molecular weight is 643 g/mol. The third kappa shape index (κ3) is 8.73. The number of hydrogen-bond donors (Lipinski definition) is 2. The molecule has 0 saturated heterocycles. The topological polar surface area (TPSA) is 52.0 Å². The van der Waals surface area contributed by atoms with Crippen LogP contribution in [0.4, 0.5) is 11.4 Å². The normalized spacial score (nSPS) is 16.4. The van der Waals surface area contributed by atoms with Gasteiger partial charge in [0.15, 0.2) is 0 Å². The fraction of sp³-hybridized carbons (Fsp3) is 0.478. The van der Waals surface area contributed by atoms with Crippen LogP contribution in [0.1, 0.15) is 160 Å². The van der Waals surface area contributed by atoms with Crippen molar-refractivity contribution in [3.63, 3.8) is 0 Å². The molecular weight excluding hydrogens is 581 g/mol. The highest BCUT2D eigenvalue weighted by molar-refractivity contribution is 5.49. The number of rotatable bonds is 15. The second-order valence-corrected chi connectivity index (χ2v) is 14.9. The Labute approximate surface area is 292 Å². The summed E-state index contributed by atoms with van der Waals surface area (Å²) < 4.78 is 0. The van der Waals surface area contributed by atoms with Gasteiger partial charge in [0.25, 0.3) is 0 Å². The van der Waals surface area contributed by atoms with Gasteiger partial charge in [-0.2, -0.15) is 0 Å². The molecule has 4 aromatic rings. The fourth-order valence-electron chi connectivity index (χ4n) is 8.97. The third-order valence-corrected chi connectivity index (χ3v) is 11.7. The van der Waals surface area contributed by atoms with Crippen LogP contribution < -0.4 is 11.5 Å². The van der Waals surface area contributed by atoms with Crippen molar-refractivity contribution in [3.05, 3.63) is 129 Å². The van der Waals surface area contributed by atoms with Gasteiger partial charge in [0.1, 0.15) is 0 Å². The van der Waals surface area contributed by atoms with Crippen molar-refractivity contribution >= 4 is 11.4 Å². The molecule has 0 spiro atoms. The summed E-state index contributed by atoms with van der Waals surface area (Å²) in [5, 5.41) is 0. The SMILES string of the molecule is CCCCC(CCC(c1ccc(C(CC)c2ccc(N)cc2C)cc1)c1ccc(C(CC)c2ccc(N)cc2C)cc1)C1CCCCC1. The Bertz CT molecular complexity index is 1460. The highest BCUT2D eigenvalue weighted by Gasteiger charge is 2.26. The smallest absolute Gasteiger partial charge is 0.0316 e. The molecule has 1 aliphatic carbocycles. The summed E-state index contributed by atoms with van der Waals surface area (Å²) in [7, 11) is 0. The minimum absolute atomic E-state index is 0.380. The number of benzene rings is 4. The first kappa shape index (κ1) is 35.8. The van der Waals surface area contributed by atoms with Crippen LogP contribution in [-0.2, 0) is 0 Å². The summed E-state index contributed by atoms with van der Waals surface area (Å²) in [6.45, 7) is 11.4. The molecule has 256 valence electrons. The Morgan fingerprint density at radius 1 is 0.542 bits per heavy atom. The van der Waals surface area contributed by atoms with Gasteiger partial charge in [-0.25, -0.2) is 0 Å². The van der Waals surface area contributed by atoms with E-state index in [2.05, 4.69) is 120 Å². The van der Waals surface area contributed by atoms with Crippen molar-refractivity contribution in [1.29, 1.82) is 0 Å². The minimum atomic E-state index is 0.380. The van der Waals surface area contributed by atoms with Crippen molar-refractivity contribution in [2.45, 2.75) is 129 Å². The molecular formula is C46H62N2. The Morgan fingerprint density at radius 3 is 1.38 bits per heavy atom. The van der Waals surface area contributed by atoms with Gasteiger partial charge in [0.05, 0.1) is 0 Å². The standard InChI is InChI=1S/C46H62N2/c1-6-9-13-35(34-14-11-10-12-15-34)24-27-46(38-20-16-36(17-21-38)42(7-2)44-28-25-40(47)30-32(44)4)39-22-18-37(19-23-39)43(8-3)45-29-26-41(48)31-33(45)5/h16-23,25-26,28-31,34-35,42-43,46H,6-15,24,27,47-48H2,1-5H3. The van der Waals surface area contributed by atoms with Gasteiger partial charge in [-0.3, -0.25) is 0 Å². The van der Waals surface area contributed by atoms with Gasteiger partial charge in [-0.15, -0.1) is 0 Å². The first-order chi connectivity index (χ1) is 23.3. The van der Waals surface area contributed by atoms with Crippen molar-refractivity contribution < 1.29 is 0 Å². The summed E-state index contributed by atoms with van der Waals surface area (Å²) in [6.07, 6.45) is 15.9. The number of unbranched alkanes of at least 4 members (excludes halogenated alkanes) is 1. The number of anilines is 2. The van der Waals surface area contributed by atoms with E-state index in [1.54, 1.807) is 0 Å². The maximum absolute atomic E-state index is 6.11. The lowest BCUT2D eigenvalue weighted by Crippen LogP contribution is -2.19. The van der Waals surface area contributed by atoms with E-state index in [0.717, 1.165) is 36.1 Å². The Hall–Kier alpha value is -3.52. The number of nitrogen functional groups attached to an aromatic ring is 2. The Balaban J connectivity index is 1.45. The Morgan fingerprint density at radius 2 is 0.979 bits per heavy atom. The van der Waals surface area contributed by atoms with E-state index >= 15 is 0 Å². The van der Waals surface area contributed by atoms with E-state index in [9.17, 15) is 0 Å². The summed E-state index contributed by atoms with van der Waals surface area (Å²) in [4.78, 5) is 0. The zero-order chi connectivity index (χ0) is 34.0. The predicted molar refractivity (Wildman–Crippen MR) is 209 cm³/mol. The van der Waals surface area contributed by atoms with Crippen molar-refractivity contribution in [1.82, 2.24) is 0 Å². The second-order valence-electron chi connectivity index (χ2n) is 14.9. The maximum Gasteiger partial charge on any atom is 0.0316 e. The zero-order valence-corrected chi connectivity index (χ0v) is 30.6. The molecule has 0 aliphatic heterocycles. The monoisotopic (exact) mass is 642 g/mol. The van der Waals surface area contributed by atoms with Crippen LogP contribution in [0.15, 0.2) is 84.9 Å². The molecule has 3 unspecified atom stereocenters. The highest BCUT2D eigenvalue weighted by atomic mass is 14.5. The van der Waals surface area contributed by atoms with Gasteiger partial charge in [0.2, 0.25) is 0 Å². The van der Waals surface area contributed by atoms with Crippen LogP contribution in [0.5, 0.6) is 0 Å². The number of hydrogen-bond acceptors (Lipinski definition) is 2. The molecule has 48 heavy (non-hydrogen) atoms. The van der Waals surface area contributed by atoms with Gasteiger partial charge in [-0.1, -0.05) is 133 Å². The van der Waals surface area contributed by atoms with Crippen molar-refractivity contribution in [2.75, 3.05) is 11.5 Å². The molecule has 3 atom stereocenters. The number of aryl methyl sites for hydroxylation is 2. The largest absolute Gasteiger partial charge is 0.399 e. The average Bonchev–Trinajstić information content (AvgIpc) is 3.10. The van der Waals surface area contributed by atoms with Crippen LogP contribution in [-0.4, -0.2) is 0 Å². The quantitative estimate of drug-likeness (QED) is 0.127.